The lowest BCUT2D eigenvalue weighted by Crippen LogP contribution is -2.47. The van der Waals surface area contributed by atoms with Gasteiger partial charge in [-0.3, -0.25) is 0 Å². The Bertz CT molecular complexity index is 197. The van der Waals surface area contributed by atoms with Gasteiger partial charge in [0.1, 0.15) is 4.93 Å². The van der Waals surface area contributed by atoms with Crippen molar-refractivity contribution in [1.82, 2.24) is 0 Å². The fourth-order valence-electron chi connectivity index (χ4n) is 2.19. The number of hydrogen-bond donors (Lipinski definition) is 1. The Balaban J connectivity index is 2.10. The number of aliphatic hydroxyl groups is 1. The topological polar surface area (TPSA) is 20.2 Å². The van der Waals surface area contributed by atoms with Crippen LogP contribution in [0.1, 0.15) is 39.5 Å². The van der Waals surface area contributed by atoms with Gasteiger partial charge in [0.25, 0.3) is 0 Å². The molecule has 0 aromatic carbocycles. The van der Waals surface area contributed by atoms with Crippen molar-refractivity contribution in [3.63, 3.8) is 0 Å². The quantitative estimate of drug-likeness (QED) is 0.675. The highest BCUT2D eigenvalue weighted by Gasteiger charge is 2.46. The molecule has 0 spiro atoms. The average molecular weight is 218 g/mol. The van der Waals surface area contributed by atoms with E-state index in [4.69, 9.17) is 0 Å². The van der Waals surface area contributed by atoms with Crippen LogP contribution in [0.5, 0.6) is 0 Å². The van der Waals surface area contributed by atoms with Gasteiger partial charge in [0, 0.05) is 15.7 Å². The Morgan fingerprint density at radius 3 is 2.77 bits per heavy atom. The Hall–Kier alpha value is 0.660. The summed E-state index contributed by atoms with van der Waals surface area (Å²) in [6.07, 6.45) is 4.74. The minimum Gasteiger partial charge on any atom is -0.378 e. The van der Waals surface area contributed by atoms with E-state index < -0.39 is 4.93 Å². The summed E-state index contributed by atoms with van der Waals surface area (Å²) in [4.78, 5) is -0.394. The first-order chi connectivity index (χ1) is 6.12. The van der Waals surface area contributed by atoms with Crippen LogP contribution in [0.2, 0.25) is 0 Å². The second-order valence-electron chi connectivity index (χ2n) is 4.24. The van der Waals surface area contributed by atoms with Gasteiger partial charge in [0.05, 0.1) is 0 Å². The summed E-state index contributed by atoms with van der Waals surface area (Å²) >= 11 is 3.82. The highest BCUT2D eigenvalue weighted by molar-refractivity contribution is 8.08. The largest absolute Gasteiger partial charge is 0.378 e. The van der Waals surface area contributed by atoms with E-state index in [1.807, 2.05) is 23.5 Å². The molecule has 3 heteroatoms. The number of thioether (sulfide) groups is 2. The van der Waals surface area contributed by atoms with Crippen LogP contribution in [0.15, 0.2) is 0 Å². The van der Waals surface area contributed by atoms with E-state index in [0.717, 1.165) is 6.42 Å². The van der Waals surface area contributed by atoms with Crippen LogP contribution in [0.3, 0.4) is 0 Å². The van der Waals surface area contributed by atoms with Crippen LogP contribution in [0.25, 0.3) is 0 Å². The van der Waals surface area contributed by atoms with Crippen LogP contribution in [-0.2, 0) is 0 Å². The minimum atomic E-state index is -0.394. The molecule has 76 valence electrons. The molecular weight excluding hydrogens is 200 g/mol. The summed E-state index contributed by atoms with van der Waals surface area (Å²) in [5.41, 5.74) is 0. The molecule has 0 amide bonds. The highest BCUT2D eigenvalue weighted by atomic mass is 32.2. The standard InChI is InChI=1S/C10H18OS2/c1-7-8(2)13-10(11)6-4-3-5-9(10)12-7/h7-9,11H,3-6H2,1-2H3. The number of rotatable bonds is 0. The summed E-state index contributed by atoms with van der Waals surface area (Å²) in [5, 5.41) is 12.2. The van der Waals surface area contributed by atoms with Crippen LogP contribution in [0, 0.1) is 0 Å². The summed E-state index contributed by atoms with van der Waals surface area (Å²) in [6.45, 7) is 4.53. The number of fused-ring (bicyclic) bond motifs is 1. The van der Waals surface area contributed by atoms with E-state index in [1.54, 1.807) is 0 Å². The zero-order valence-corrected chi connectivity index (χ0v) is 9.96. The van der Waals surface area contributed by atoms with Gasteiger partial charge in [-0.1, -0.05) is 20.3 Å². The van der Waals surface area contributed by atoms with Crippen molar-refractivity contribution >= 4 is 23.5 Å². The van der Waals surface area contributed by atoms with Gasteiger partial charge in [-0.05, 0) is 19.3 Å². The predicted octanol–water partition coefficient (Wildman–Crippen LogP) is 2.87. The maximum absolute atomic E-state index is 10.4. The van der Waals surface area contributed by atoms with Crippen molar-refractivity contribution < 1.29 is 5.11 Å². The molecule has 2 fully saturated rings. The molecule has 4 atom stereocenters. The molecule has 1 nitrogen and oxygen atoms in total. The molecule has 0 bridgehead atoms. The third-order valence-corrected chi connectivity index (χ3v) is 6.97. The molecule has 1 aliphatic heterocycles. The molecule has 0 radical (unpaired) electrons. The van der Waals surface area contributed by atoms with E-state index in [2.05, 4.69) is 13.8 Å². The summed E-state index contributed by atoms with van der Waals surface area (Å²) in [7, 11) is 0. The van der Waals surface area contributed by atoms with Gasteiger partial charge in [-0.15, -0.1) is 11.8 Å². The molecule has 1 aliphatic carbocycles. The summed E-state index contributed by atoms with van der Waals surface area (Å²) in [6, 6.07) is 0. The minimum absolute atomic E-state index is 0.394. The first-order valence-electron chi connectivity index (χ1n) is 5.17. The van der Waals surface area contributed by atoms with E-state index in [1.165, 1.54) is 19.3 Å². The molecule has 2 rings (SSSR count). The van der Waals surface area contributed by atoms with Crippen LogP contribution in [0.4, 0.5) is 0 Å². The van der Waals surface area contributed by atoms with Gasteiger partial charge in [0.2, 0.25) is 0 Å². The molecular formula is C10H18OS2. The second-order valence-corrected chi connectivity index (χ2v) is 7.51. The van der Waals surface area contributed by atoms with Crippen molar-refractivity contribution in [2.24, 2.45) is 0 Å². The van der Waals surface area contributed by atoms with Gasteiger partial charge in [0.15, 0.2) is 0 Å². The highest BCUT2D eigenvalue weighted by Crippen LogP contribution is 2.52. The molecule has 1 saturated heterocycles. The zero-order chi connectivity index (χ0) is 9.47. The third-order valence-electron chi connectivity index (χ3n) is 3.18. The molecule has 13 heavy (non-hydrogen) atoms. The molecule has 0 aromatic heterocycles. The molecule has 2 aliphatic rings. The molecule has 1 heterocycles. The fraction of sp³-hybridized carbons (Fsp3) is 1.00. The lowest BCUT2D eigenvalue weighted by atomic mass is 9.96. The molecule has 1 saturated carbocycles. The lowest BCUT2D eigenvalue weighted by molar-refractivity contribution is 0.0990. The van der Waals surface area contributed by atoms with Crippen LogP contribution < -0.4 is 0 Å². The van der Waals surface area contributed by atoms with Gasteiger partial charge in [-0.25, -0.2) is 0 Å². The van der Waals surface area contributed by atoms with Gasteiger partial charge in [-0.2, -0.15) is 11.8 Å². The predicted molar refractivity (Wildman–Crippen MR) is 61.3 cm³/mol. The Morgan fingerprint density at radius 2 is 2.00 bits per heavy atom. The lowest BCUT2D eigenvalue weighted by Gasteiger charge is -2.47. The molecule has 4 unspecified atom stereocenters. The van der Waals surface area contributed by atoms with Crippen LogP contribution in [-0.4, -0.2) is 25.8 Å². The van der Waals surface area contributed by atoms with Gasteiger partial charge < -0.3 is 5.11 Å². The van der Waals surface area contributed by atoms with E-state index in [0.29, 0.717) is 15.7 Å². The number of hydrogen-bond acceptors (Lipinski definition) is 3. The van der Waals surface area contributed by atoms with Crippen molar-refractivity contribution in [1.29, 1.82) is 0 Å². The fourth-order valence-corrected chi connectivity index (χ4v) is 5.62. The molecule has 0 aromatic rings. The normalized spacial score (nSPS) is 51.5. The second kappa shape index (κ2) is 3.67. The van der Waals surface area contributed by atoms with Crippen molar-refractivity contribution in [2.75, 3.05) is 0 Å². The monoisotopic (exact) mass is 218 g/mol. The summed E-state index contributed by atoms with van der Waals surface area (Å²) in [5.74, 6) is 0. The first kappa shape index (κ1) is 10.2. The smallest absolute Gasteiger partial charge is 0.122 e. The van der Waals surface area contributed by atoms with E-state index in [9.17, 15) is 5.11 Å². The summed E-state index contributed by atoms with van der Waals surface area (Å²) < 4.78 is 0. The van der Waals surface area contributed by atoms with E-state index in [-0.39, 0.29) is 0 Å². The van der Waals surface area contributed by atoms with Crippen molar-refractivity contribution in [3.8, 4) is 0 Å². The third kappa shape index (κ3) is 1.88. The van der Waals surface area contributed by atoms with Gasteiger partial charge >= 0.3 is 0 Å². The van der Waals surface area contributed by atoms with Crippen LogP contribution >= 0.6 is 23.5 Å². The van der Waals surface area contributed by atoms with Crippen molar-refractivity contribution in [2.45, 2.75) is 60.2 Å². The molecule has 1 N–H and O–H groups in total. The van der Waals surface area contributed by atoms with Crippen molar-refractivity contribution in [3.05, 3.63) is 0 Å². The Labute approximate surface area is 89.1 Å². The zero-order valence-electron chi connectivity index (χ0n) is 8.32. The Morgan fingerprint density at radius 1 is 1.23 bits per heavy atom. The first-order valence-corrected chi connectivity index (χ1v) is 7.00. The average Bonchev–Trinajstić information content (AvgIpc) is 2.07. The SMILES string of the molecule is CC1SC2CCCCC2(O)SC1C. The van der Waals surface area contributed by atoms with E-state index >= 15 is 0 Å². The maximum atomic E-state index is 10.4. The maximum Gasteiger partial charge on any atom is 0.122 e. The Kier molecular flexibility index (Phi) is 2.87.